The molecule has 39 heavy (non-hydrogen) atoms. The second kappa shape index (κ2) is 8.80. The number of alkyl carbamates (subject to hydrolysis) is 1. The molecule has 0 spiro atoms. The second-order valence-corrected chi connectivity index (χ2v) is 11.3. The molecule has 3 aromatic rings. The van der Waals surface area contributed by atoms with Gasteiger partial charge in [-0.05, 0) is 56.9 Å². The number of nitrogens with one attached hydrogen (secondary N) is 3. The summed E-state index contributed by atoms with van der Waals surface area (Å²) in [6.07, 6.45) is -0.0640. The van der Waals surface area contributed by atoms with Gasteiger partial charge < -0.3 is 15.4 Å². The molecule has 208 valence electrons. The molecule has 0 unspecified atom stereocenters. The van der Waals surface area contributed by atoms with Crippen LogP contribution in [0.3, 0.4) is 0 Å². The Morgan fingerprint density at radius 2 is 1.97 bits per heavy atom. The predicted octanol–water partition coefficient (Wildman–Crippen LogP) is 4.97. The van der Waals surface area contributed by atoms with Crippen LogP contribution in [0.5, 0.6) is 0 Å². The highest BCUT2D eigenvalue weighted by atomic mass is 19.4. The predicted molar refractivity (Wildman–Crippen MR) is 128 cm³/mol. The van der Waals surface area contributed by atoms with Crippen molar-refractivity contribution in [1.29, 1.82) is 0 Å². The van der Waals surface area contributed by atoms with Gasteiger partial charge in [-0.1, -0.05) is 0 Å². The molecule has 14 heteroatoms. The molecule has 0 aliphatic heterocycles. The highest BCUT2D eigenvalue weighted by Gasteiger charge is 2.58. The van der Waals surface area contributed by atoms with Gasteiger partial charge in [0.2, 0.25) is 0 Å². The van der Waals surface area contributed by atoms with Gasteiger partial charge in [-0.2, -0.15) is 10.2 Å². The second-order valence-electron chi connectivity index (χ2n) is 11.3. The Morgan fingerprint density at radius 1 is 1.18 bits per heavy atom. The zero-order valence-electron chi connectivity index (χ0n) is 20.8. The van der Waals surface area contributed by atoms with Crippen LogP contribution in [0.4, 0.5) is 34.0 Å². The van der Waals surface area contributed by atoms with Gasteiger partial charge in [-0.3, -0.25) is 9.84 Å². The number of hydrogen-bond donors (Lipinski definition) is 3. The quantitative estimate of drug-likeness (QED) is 0.340. The maximum Gasteiger partial charge on any atom is 0.522 e. The van der Waals surface area contributed by atoms with Crippen LogP contribution in [0.2, 0.25) is 0 Å². The van der Waals surface area contributed by atoms with Crippen molar-refractivity contribution >= 4 is 23.2 Å². The van der Waals surface area contributed by atoms with Crippen LogP contribution in [0.15, 0.2) is 18.3 Å². The molecule has 5 aliphatic carbocycles. The van der Waals surface area contributed by atoms with Gasteiger partial charge in [-0.25, -0.2) is 18.7 Å². The van der Waals surface area contributed by atoms with Crippen molar-refractivity contribution in [2.24, 2.45) is 5.92 Å². The van der Waals surface area contributed by atoms with Crippen molar-refractivity contribution in [1.82, 2.24) is 30.1 Å². The van der Waals surface area contributed by atoms with E-state index in [0.717, 1.165) is 37.8 Å². The fraction of sp³-hybridized carbons (Fsp3) is 0.600. The van der Waals surface area contributed by atoms with Crippen molar-refractivity contribution in [2.75, 3.05) is 5.32 Å². The molecule has 3 heterocycles. The first kappa shape index (κ1) is 24.6. The van der Waals surface area contributed by atoms with E-state index in [1.165, 1.54) is 10.6 Å². The summed E-state index contributed by atoms with van der Waals surface area (Å²) < 4.78 is 63.7. The summed E-state index contributed by atoms with van der Waals surface area (Å²) in [6.45, 7) is -0.724. The number of ether oxygens (including phenoxy) is 2. The summed E-state index contributed by atoms with van der Waals surface area (Å²) in [4.78, 5) is 17.0. The molecule has 5 saturated carbocycles. The number of amides is 1. The first-order valence-corrected chi connectivity index (χ1v) is 13.2. The number of H-pyrrole nitrogens is 1. The molecule has 10 nitrogen and oxygen atoms in total. The molecule has 3 atom stereocenters. The first-order valence-electron chi connectivity index (χ1n) is 13.2. The largest absolute Gasteiger partial charge is 0.522 e. The minimum atomic E-state index is -4.77. The Hall–Kier alpha value is -3.42. The summed E-state index contributed by atoms with van der Waals surface area (Å²) in [7, 11) is 0. The monoisotopic (exact) mass is 549 g/mol. The van der Waals surface area contributed by atoms with E-state index in [-0.39, 0.29) is 17.2 Å². The number of halogens is 4. The number of fused-ring (bicyclic) bond motifs is 1. The van der Waals surface area contributed by atoms with Gasteiger partial charge in [0.15, 0.2) is 11.6 Å². The maximum atomic E-state index is 15.3. The van der Waals surface area contributed by atoms with E-state index in [0.29, 0.717) is 41.6 Å². The van der Waals surface area contributed by atoms with Crippen LogP contribution in [0.1, 0.15) is 73.9 Å². The molecule has 2 bridgehead atoms. The first-order chi connectivity index (χ1) is 18.6. The lowest BCUT2D eigenvalue weighted by molar-refractivity contribution is -0.330. The molecule has 1 amide bonds. The number of nitrogens with zero attached hydrogens (tertiary/aromatic N) is 4. The van der Waals surface area contributed by atoms with Gasteiger partial charge in [0.05, 0.1) is 17.6 Å². The lowest BCUT2D eigenvalue weighted by atomic mass is 9.50. The van der Waals surface area contributed by atoms with E-state index >= 15 is 4.39 Å². The Labute approximate surface area is 219 Å². The molecule has 3 N–H and O–H groups in total. The van der Waals surface area contributed by atoms with Gasteiger partial charge in [0.25, 0.3) is 0 Å². The Bertz CT molecular complexity index is 1400. The molecular formula is C25H27F4N7O3. The van der Waals surface area contributed by atoms with Crippen LogP contribution in [0.25, 0.3) is 5.52 Å². The standard InChI is InChI=1S/C25H27F4N7O3/c26-21-15(3-4-19(21)39-23(37)32-24-7-12(8-24)9-24)16-6-20(34-33-16)31-22-18-5-14(11-38-25(27,28)29)35-36(18)10-17(30-22)13-1-2-13/h5-6,10,12-13,15,19,21H,1-4,7-9,11H2,(H,32,37)(H2,30,31,33,34)/t12?,15-,19-,21-,24?/m1/s1. The zero-order valence-corrected chi connectivity index (χ0v) is 20.8. The van der Waals surface area contributed by atoms with Gasteiger partial charge in [0.1, 0.15) is 24.4 Å². The highest BCUT2D eigenvalue weighted by molar-refractivity contribution is 5.73. The number of alkyl halides is 4. The van der Waals surface area contributed by atoms with E-state index in [4.69, 9.17) is 4.74 Å². The van der Waals surface area contributed by atoms with Crippen molar-refractivity contribution < 1.29 is 31.8 Å². The van der Waals surface area contributed by atoms with E-state index < -0.39 is 37.3 Å². The van der Waals surface area contributed by atoms with Crippen LogP contribution in [0, 0.1) is 5.92 Å². The maximum absolute atomic E-state index is 15.3. The molecular weight excluding hydrogens is 522 g/mol. The lowest BCUT2D eigenvalue weighted by Crippen LogP contribution is -2.68. The van der Waals surface area contributed by atoms with Crippen LogP contribution in [-0.2, 0) is 16.1 Å². The molecule has 5 aliphatic rings. The van der Waals surface area contributed by atoms with E-state index in [2.05, 4.69) is 35.7 Å². The number of aromatic amines is 1. The normalized spacial score (nSPS) is 29.6. The summed E-state index contributed by atoms with van der Waals surface area (Å²) in [5.41, 5.74) is 1.75. The van der Waals surface area contributed by atoms with Crippen molar-refractivity contribution in [3.63, 3.8) is 0 Å². The SMILES string of the molecule is O=C(NC12CC(C1)C2)O[C@@H]1CC[C@H](c2cc(Nc3nc(C4CC4)cn4nc(COC(F)(F)F)cc34)n[nH]2)[C@H]1F. The number of rotatable bonds is 8. The molecule has 8 rings (SSSR count). The fourth-order valence-electron chi connectivity index (χ4n) is 6.05. The van der Waals surface area contributed by atoms with Crippen LogP contribution < -0.4 is 10.6 Å². The average Bonchev–Trinajstić information content (AvgIpc) is 3.27. The number of carbonyl (C=O) groups is 1. The van der Waals surface area contributed by atoms with Gasteiger partial charge in [0, 0.05) is 29.1 Å². The van der Waals surface area contributed by atoms with E-state index in [9.17, 15) is 18.0 Å². The molecule has 3 aromatic heterocycles. The molecule has 0 radical (unpaired) electrons. The Morgan fingerprint density at radius 3 is 2.67 bits per heavy atom. The Kier molecular flexibility index (Phi) is 5.55. The summed E-state index contributed by atoms with van der Waals surface area (Å²) >= 11 is 0. The van der Waals surface area contributed by atoms with Crippen molar-refractivity contribution in [3.05, 3.63) is 35.4 Å². The fourth-order valence-corrected chi connectivity index (χ4v) is 6.05. The topological polar surface area (TPSA) is 118 Å². The van der Waals surface area contributed by atoms with Gasteiger partial charge >= 0.3 is 12.5 Å². The van der Waals surface area contributed by atoms with Crippen molar-refractivity contribution in [2.45, 2.75) is 87.6 Å². The lowest BCUT2D eigenvalue weighted by Gasteiger charge is -2.61. The minimum absolute atomic E-state index is 0.100. The number of anilines is 2. The van der Waals surface area contributed by atoms with Crippen molar-refractivity contribution in [3.8, 4) is 0 Å². The zero-order chi connectivity index (χ0) is 26.9. The minimum Gasteiger partial charge on any atom is -0.443 e. The van der Waals surface area contributed by atoms with E-state index in [1.54, 1.807) is 12.3 Å². The third-order valence-electron chi connectivity index (χ3n) is 8.31. The molecule has 0 aromatic carbocycles. The smallest absolute Gasteiger partial charge is 0.443 e. The van der Waals surface area contributed by atoms with E-state index in [1.807, 2.05) is 0 Å². The Balaban J connectivity index is 1.05. The van der Waals surface area contributed by atoms with Gasteiger partial charge in [-0.15, -0.1) is 13.2 Å². The van der Waals surface area contributed by atoms with Crippen LogP contribution >= 0.6 is 0 Å². The summed E-state index contributed by atoms with van der Waals surface area (Å²) in [5, 5.41) is 17.4. The summed E-state index contributed by atoms with van der Waals surface area (Å²) in [6, 6.07) is 3.15. The average molecular weight is 550 g/mol. The number of carbonyl (C=O) groups excluding carboxylic acids is 1. The number of aromatic nitrogens is 5. The molecule has 0 saturated heterocycles. The molecule has 5 fully saturated rings. The highest BCUT2D eigenvalue weighted by Crippen LogP contribution is 2.57. The third kappa shape index (κ3) is 4.79. The van der Waals surface area contributed by atoms with Crippen LogP contribution in [-0.4, -0.2) is 55.1 Å². The summed E-state index contributed by atoms with van der Waals surface area (Å²) in [5.74, 6) is 1.20. The third-order valence-corrected chi connectivity index (χ3v) is 8.31. The number of hydrogen-bond acceptors (Lipinski definition) is 7.